The number of piperidine rings is 1. The van der Waals surface area contributed by atoms with Crippen LogP contribution in [0.1, 0.15) is 43.4 Å². The Morgan fingerprint density at radius 3 is 2.61 bits per heavy atom. The van der Waals surface area contributed by atoms with Gasteiger partial charge in [0, 0.05) is 45.2 Å². The van der Waals surface area contributed by atoms with Crippen LogP contribution in [0.3, 0.4) is 0 Å². The molecular formula is C25H30N4O4. The maximum absolute atomic E-state index is 12.6. The van der Waals surface area contributed by atoms with Gasteiger partial charge in [-0.2, -0.15) is 0 Å². The summed E-state index contributed by atoms with van der Waals surface area (Å²) in [6.07, 6.45) is 2.25. The van der Waals surface area contributed by atoms with Crippen molar-refractivity contribution in [1.82, 2.24) is 14.8 Å². The van der Waals surface area contributed by atoms with E-state index in [4.69, 9.17) is 4.74 Å². The lowest BCUT2D eigenvalue weighted by Gasteiger charge is -2.39. The van der Waals surface area contributed by atoms with Gasteiger partial charge in [-0.05, 0) is 43.4 Å². The standard InChI is InChI=1S/C25H30N4O4/c1-25(33-24(32)26-15-18-5-3-2-4-6-18)11-13-27(14-12-25)16-20-17-28-21(30)9-7-19-8-10-22(31)29(20)23(19)28/h2-6,8,10,20H,7,9,11-17H2,1H3,(H,26,32)/t20-/m1/s1. The first kappa shape index (κ1) is 21.7. The van der Waals surface area contributed by atoms with Crippen molar-refractivity contribution in [3.63, 3.8) is 0 Å². The summed E-state index contributed by atoms with van der Waals surface area (Å²) in [5, 5.41) is 2.83. The SMILES string of the molecule is CC1(OC(=O)NCc2ccccc2)CCN(C[C@@H]2CN3C(=O)CCc4ccc(=O)n2c43)CC1. The van der Waals surface area contributed by atoms with Crippen LogP contribution in [0.15, 0.2) is 47.3 Å². The molecule has 0 bridgehead atoms. The number of aryl methyl sites for hydroxylation is 1. The number of hydrogen-bond acceptors (Lipinski definition) is 5. The maximum Gasteiger partial charge on any atom is 0.407 e. The molecule has 4 heterocycles. The molecule has 3 aliphatic heterocycles. The molecule has 1 aromatic heterocycles. The third-order valence-corrected chi connectivity index (χ3v) is 7.10. The summed E-state index contributed by atoms with van der Waals surface area (Å²) in [7, 11) is 0. The van der Waals surface area contributed by atoms with Gasteiger partial charge >= 0.3 is 6.09 Å². The Bertz CT molecular complexity index is 1110. The summed E-state index contributed by atoms with van der Waals surface area (Å²) >= 11 is 0. The summed E-state index contributed by atoms with van der Waals surface area (Å²) in [5.74, 6) is 0.898. The molecule has 2 amide bonds. The summed E-state index contributed by atoms with van der Waals surface area (Å²) in [4.78, 5) is 41.5. The van der Waals surface area contributed by atoms with Gasteiger partial charge < -0.3 is 15.0 Å². The number of benzene rings is 1. The number of carbonyl (C=O) groups is 2. The highest BCUT2D eigenvalue weighted by Gasteiger charge is 2.40. The molecule has 8 nitrogen and oxygen atoms in total. The molecule has 5 rings (SSSR count). The molecule has 33 heavy (non-hydrogen) atoms. The third-order valence-electron chi connectivity index (χ3n) is 7.10. The molecule has 1 saturated heterocycles. The average Bonchev–Trinajstić information content (AvgIpc) is 3.20. The Morgan fingerprint density at radius 1 is 1.09 bits per heavy atom. The predicted molar refractivity (Wildman–Crippen MR) is 124 cm³/mol. The second kappa shape index (κ2) is 8.67. The van der Waals surface area contributed by atoms with E-state index in [-0.39, 0.29) is 17.5 Å². The Morgan fingerprint density at radius 2 is 1.85 bits per heavy atom. The number of likely N-dealkylation sites (tertiary alicyclic amines) is 1. The van der Waals surface area contributed by atoms with E-state index in [2.05, 4.69) is 10.2 Å². The fraction of sp³-hybridized carbons (Fsp3) is 0.480. The minimum absolute atomic E-state index is 0.0452. The zero-order valence-electron chi connectivity index (χ0n) is 19.0. The number of aromatic nitrogens is 1. The number of carbonyl (C=O) groups excluding carboxylic acids is 2. The van der Waals surface area contributed by atoms with Gasteiger partial charge in [0.15, 0.2) is 0 Å². The van der Waals surface area contributed by atoms with E-state index in [1.807, 2.05) is 47.9 Å². The minimum atomic E-state index is -0.514. The molecular weight excluding hydrogens is 420 g/mol. The highest BCUT2D eigenvalue weighted by molar-refractivity contribution is 5.96. The normalized spacial score (nSPS) is 21.5. The van der Waals surface area contributed by atoms with Crippen LogP contribution in [0.25, 0.3) is 0 Å². The largest absolute Gasteiger partial charge is 0.443 e. The van der Waals surface area contributed by atoms with Gasteiger partial charge in [0.25, 0.3) is 5.56 Å². The number of pyridine rings is 1. The monoisotopic (exact) mass is 450 g/mol. The molecule has 1 atom stereocenters. The molecule has 1 fully saturated rings. The summed E-state index contributed by atoms with van der Waals surface area (Å²) in [5.41, 5.74) is 1.55. The predicted octanol–water partition coefficient (Wildman–Crippen LogP) is 2.46. The highest BCUT2D eigenvalue weighted by Crippen LogP contribution is 2.36. The Hall–Kier alpha value is -3.13. The molecule has 0 aliphatic carbocycles. The number of nitrogens with one attached hydrogen (secondary N) is 1. The number of ether oxygens (including phenoxy) is 1. The van der Waals surface area contributed by atoms with Crippen LogP contribution in [0.4, 0.5) is 10.6 Å². The first-order valence-corrected chi connectivity index (χ1v) is 11.7. The van der Waals surface area contributed by atoms with Crippen molar-refractivity contribution in [1.29, 1.82) is 0 Å². The maximum atomic E-state index is 12.6. The number of amides is 2. The van der Waals surface area contributed by atoms with Crippen molar-refractivity contribution in [2.45, 2.75) is 50.8 Å². The average molecular weight is 451 g/mol. The lowest BCUT2D eigenvalue weighted by molar-refractivity contribution is -0.118. The molecule has 8 heteroatoms. The van der Waals surface area contributed by atoms with Crippen molar-refractivity contribution in [2.24, 2.45) is 0 Å². The smallest absolute Gasteiger partial charge is 0.407 e. The summed E-state index contributed by atoms with van der Waals surface area (Å²) in [6, 6.07) is 13.2. The van der Waals surface area contributed by atoms with Crippen LogP contribution in [0.2, 0.25) is 0 Å². The van der Waals surface area contributed by atoms with Gasteiger partial charge in [-0.25, -0.2) is 4.79 Å². The van der Waals surface area contributed by atoms with E-state index in [0.717, 1.165) is 42.9 Å². The second-order valence-electron chi connectivity index (χ2n) is 9.53. The number of nitrogens with zero attached hydrogens (tertiary/aromatic N) is 3. The topological polar surface area (TPSA) is 83.9 Å². The Kier molecular flexibility index (Phi) is 5.70. The van der Waals surface area contributed by atoms with Crippen molar-refractivity contribution in [3.8, 4) is 0 Å². The van der Waals surface area contributed by atoms with E-state index < -0.39 is 11.7 Å². The lowest BCUT2D eigenvalue weighted by atomic mass is 9.93. The first-order chi connectivity index (χ1) is 15.9. The fourth-order valence-electron chi connectivity index (χ4n) is 5.19. The molecule has 0 radical (unpaired) electrons. The van der Waals surface area contributed by atoms with Crippen molar-refractivity contribution in [2.75, 3.05) is 31.1 Å². The van der Waals surface area contributed by atoms with Crippen LogP contribution in [-0.4, -0.2) is 53.2 Å². The van der Waals surface area contributed by atoms with Crippen LogP contribution in [0, 0.1) is 0 Å². The molecule has 1 aromatic carbocycles. The zero-order chi connectivity index (χ0) is 23.0. The van der Waals surface area contributed by atoms with Gasteiger partial charge in [0.1, 0.15) is 11.4 Å². The van der Waals surface area contributed by atoms with Gasteiger partial charge in [-0.15, -0.1) is 0 Å². The number of anilines is 1. The lowest BCUT2D eigenvalue weighted by Crippen LogP contribution is -2.48. The Balaban J connectivity index is 1.17. The van der Waals surface area contributed by atoms with Crippen molar-refractivity contribution >= 4 is 17.8 Å². The summed E-state index contributed by atoms with van der Waals surface area (Å²) in [6.45, 7) is 5.23. The Labute approximate surface area is 193 Å². The van der Waals surface area contributed by atoms with Crippen LogP contribution < -0.4 is 15.8 Å². The molecule has 174 valence electrons. The van der Waals surface area contributed by atoms with Gasteiger partial charge in [0.05, 0.1) is 6.04 Å². The fourth-order valence-corrected chi connectivity index (χ4v) is 5.19. The van der Waals surface area contributed by atoms with Crippen LogP contribution >= 0.6 is 0 Å². The van der Waals surface area contributed by atoms with E-state index in [9.17, 15) is 14.4 Å². The molecule has 1 N–H and O–H groups in total. The zero-order valence-corrected chi connectivity index (χ0v) is 19.0. The van der Waals surface area contributed by atoms with Crippen molar-refractivity contribution in [3.05, 3.63) is 63.9 Å². The van der Waals surface area contributed by atoms with Gasteiger partial charge in [0.2, 0.25) is 5.91 Å². The van der Waals surface area contributed by atoms with E-state index in [1.165, 1.54) is 0 Å². The van der Waals surface area contributed by atoms with Crippen molar-refractivity contribution < 1.29 is 14.3 Å². The van der Waals surface area contributed by atoms with E-state index >= 15 is 0 Å². The molecule has 0 spiro atoms. The molecule has 0 unspecified atom stereocenters. The third kappa shape index (κ3) is 4.39. The molecule has 0 saturated carbocycles. The van der Waals surface area contributed by atoms with Gasteiger partial charge in [-0.3, -0.25) is 19.1 Å². The van der Waals surface area contributed by atoms with Gasteiger partial charge in [-0.1, -0.05) is 30.3 Å². The quantitative estimate of drug-likeness (QED) is 0.757. The first-order valence-electron chi connectivity index (χ1n) is 11.7. The minimum Gasteiger partial charge on any atom is -0.443 e. The van der Waals surface area contributed by atoms with E-state index in [0.29, 0.717) is 32.5 Å². The van der Waals surface area contributed by atoms with Crippen LogP contribution in [0.5, 0.6) is 0 Å². The van der Waals surface area contributed by atoms with E-state index in [1.54, 1.807) is 11.0 Å². The van der Waals surface area contributed by atoms with Crippen LogP contribution in [-0.2, 0) is 22.5 Å². The number of rotatable bonds is 5. The second-order valence-corrected chi connectivity index (χ2v) is 9.53. The molecule has 3 aliphatic rings. The number of hydrogen-bond donors (Lipinski definition) is 1. The molecule has 2 aromatic rings. The highest BCUT2D eigenvalue weighted by atomic mass is 16.6. The summed E-state index contributed by atoms with van der Waals surface area (Å²) < 4.78 is 7.60. The number of alkyl carbamates (subject to hydrolysis) is 1.